The molecular weight excluding hydrogens is 448 g/mol. The first-order valence-electron chi connectivity index (χ1n) is 9.08. The van der Waals surface area contributed by atoms with Gasteiger partial charge < -0.3 is 26.2 Å². The van der Waals surface area contributed by atoms with Gasteiger partial charge in [-0.15, -0.1) is 11.3 Å². The number of quaternary nitrogens is 1. The van der Waals surface area contributed by atoms with Crippen molar-refractivity contribution in [2.45, 2.75) is 43.9 Å². The number of hydrogen-bond acceptors (Lipinski definition) is 3. The lowest BCUT2D eigenvalue weighted by atomic mass is 9.98. The van der Waals surface area contributed by atoms with Crippen molar-refractivity contribution in [2.75, 3.05) is 19.4 Å². The molecule has 1 N–H and O–H groups in total. The van der Waals surface area contributed by atoms with E-state index in [9.17, 15) is 4.79 Å². The highest BCUT2D eigenvalue weighted by Crippen LogP contribution is 2.41. The van der Waals surface area contributed by atoms with Gasteiger partial charge in [-0.3, -0.25) is 5.32 Å². The molecule has 2 fully saturated rings. The molecule has 1 aromatic carbocycles. The van der Waals surface area contributed by atoms with Crippen LogP contribution in [0.2, 0.25) is 5.02 Å². The molecule has 1 aromatic heterocycles. The monoisotopic (exact) mass is 470 g/mol. The highest BCUT2D eigenvalue weighted by atomic mass is 79.9. The van der Waals surface area contributed by atoms with Crippen molar-refractivity contribution in [1.29, 1.82) is 0 Å². The second-order valence-corrected chi connectivity index (χ2v) is 9.19. The van der Waals surface area contributed by atoms with Crippen LogP contribution in [0.15, 0.2) is 35.7 Å². The Labute approximate surface area is 179 Å². The van der Waals surface area contributed by atoms with Gasteiger partial charge in [-0.05, 0) is 29.6 Å². The van der Waals surface area contributed by atoms with Crippen LogP contribution in [0.1, 0.15) is 25.7 Å². The van der Waals surface area contributed by atoms with Gasteiger partial charge in [0, 0.05) is 41.1 Å². The molecule has 146 valence electrons. The Balaban J connectivity index is 0.00000210. The number of nitrogens with one attached hydrogen (secondary N) is 1. The van der Waals surface area contributed by atoms with E-state index in [1.54, 1.807) is 17.4 Å². The molecule has 2 saturated heterocycles. The first kappa shape index (κ1) is 20.6. The zero-order valence-electron chi connectivity index (χ0n) is 15.5. The fourth-order valence-corrected chi connectivity index (χ4v) is 5.41. The number of ether oxygens (including phenoxy) is 1. The fraction of sp³-hybridized carbons (Fsp3) is 0.450. The summed E-state index contributed by atoms with van der Waals surface area (Å²) in [7, 11) is 4.61. The number of thiophene rings is 1. The van der Waals surface area contributed by atoms with Gasteiger partial charge in [-0.2, -0.15) is 0 Å². The lowest BCUT2D eigenvalue weighted by Crippen LogP contribution is -3.00. The van der Waals surface area contributed by atoms with E-state index >= 15 is 0 Å². The SMILES string of the molecule is C[N+]1(C)[C@@H]2CC[C@H]1CC(OC(=O)Nc1ccc(Cl)cc1-c1cccs1)C2.[Br-]. The Morgan fingerprint density at radius 1 is 1.22 bits per heavy atom. The van der Waals surface area contributed by atoms with Crippen molar-refractivity contribution in [2.24, 2.45) is 0 Å². The number of piperidine rings is 1. The minimum atomic E-state index is -0.373. The molecule has 0 radical (unpaired) electrons. The third kappa shape index (κ3) is 4.19. The zero-order valence-corrected chi connectivity index (χ0v) is 18.6. The van der Waals surface area contributed by atoms with Crippen LogP contribution >= 0.6 is 22.9 Å². The van der Waals surface area contributed by atoms with Crippen molar-refractivity contribution < 1.29 is 31.0 Å². The smallest absolute Gasteiger partial charge is 0.411 e. The van der Waals surface area contributed by atoms with Gasteiger partial charge in [0.15, 0.2) is 0 Å². The molecule has 4 nitrogen and oxygen atoms in total. The topological polar surface area (TPSA) is 38.3 Å². The standard InChI is InChI=1S/C20H23ClN2O2S.BrH/c1-23(2)14-6-7-15(23)12-16(11-14)25-20(24)22-18-8-5-13(21)10-17(18)19-4-3-9-26-19;/h3-5,8-10,14-16H,6-7,11-12H2,1-2H3;1H/t14-,15+,16?;. The number of halogens is 2. The van der Waals surface area contributed by atoms with Crippen LogP contribution in [0.4, 0.5) is 10.5 Å². The Morgan fingerprint density at radius 2 is 1.93 bits per heavy atom. The predicted octanol–water partition coefficient (Wildman–Crippen LogP) is 2.39. The van der Waals surface area contributed by atoms with Gasteiger partial charge in [-0.25, -0.2) is 4.79 Å². The lowest BCUT2D eigenvalue weighted by Gasteiger charge is -2.43. The van der Waals surface area contributed by atoms with Crippen LogP contribution in [0.25, 0.3) is 10.4 Å². The number of rotatable bonds is 3. The van der Waals surface area contributed by atoms with Crippen molar-refractivity contribution in [3.05, 3.63) is 40.7 Å². The first-order valence-corrected chi connectivity index (χ1v) is 10.3. The Morgan fingerprint density at radius 3 is 2.56 bits per heavy atom. The molecule has 2 bridgehead atoms. The number of hydrogen-bond donors (Lipinski definition) is 1. The maximum atomic E-state index is 12.5. The molecule has 1 unspecified atom stereocenters. The van der Waals surface area contributed by atoms with Crippen LogP contribution in [-0.2, 0) is 4.74 Å². The molecule has 1 amide bonds. The molecule has 3 atom stereocenters. The van der Waals surface area contributed by atoms with E-state index in [4.69, 9.17) is 16.3 Å². The van der Waals surface area contributed by atoms with Crippen LogP contribution in [0.5, 0.6) is 0 Å². The third-order valence-electron chi connectivity index (χ3n) is 6.06. The van der Waals surface area contributed by atoms with Crippen LogP contribution < -0.4 is 22.3 Å². The summed E-state index contributed by atoms with van der Waals surface area (Å²) in [5.41, 5.74) is 1.66. The number of nitrogens with zero attached hydrogens (tertiary/aromatic N) is 1. The summed E-state index contributed by atoms with van der Waals surface area (Å²) in [5.74, 6) is 0. The van der Waals surface area contributed by atoms with E-state index in [0.717, 1.165) is 33.5 Å². The lowest BCUT2D eigenvalue weighted by molar-refractivity contribution is -0.931. The minimum absolute atomic E-state index is 0. The van der Waals surface area contributed by atoms with Gasteiger partial charge in [0.1, 0.15) is 6.10 Å². The Hall–Kier alpha value is -1.08. The summed E-state index contributed by atoms with van der Waals surface area (Å²) < 4.78 is 6.85. The minimum Gasteiger partial charge on any atom is -1.00 e. The zero-order chi connectivity index (χ0) is 18.3. The van der Waals surface area contributed by atoms with E-state index in [-0.39, 0.29) is 29.2 Å². The normalized spacial score (nSPS) is 25.5. The molecule has 27 heavy (non-hydrogen) atoms. The number of anilines is 1. The first-order chi connectivity index (χ1) is 12.4. The molecule has 3 heterocycles. The van der Waals surface area contributed by atoms with Crippen molar-refractivity contribution in [3.63, 3.8) is 0 Å². The summed E-state index contributed by atoms with van der Waals surface area (Å²) in [5, 5.41) is 5.59. The highest BCUT2D eigenvalue weighted by molar-refractivity contribution is 7.13. The molecule has 2 aromatic rings. The summed E-state index contributed by atoms with van der Waals surface area (Å²) in [6.07, 6.45) is 4.01. The molecule has 2 aliphatic rings. The quantitative estimate of drug-likeness (QED) is 0.698. The van der Waals surface area contributed by atoms with Crippen molar-refractivity contribution >= 4 is 34.7 Å². The molecule has 4 rings (SSSR count). The summed E-state index contributed by atoms with van der Waals surface area (Å²) in [4.78, 5) is 13.6. The van der Waals surface area contributed by atoms with Gasteiger partial charge in [0.05, 0.1) is 31.9 Å². The van der Waals surface area contributed by atoms with Gasteiger partial charge in [0.25, 0.3) is 0 Å². The third-order valence-corrected chi connectivity index (χ3v) is 7.20. The predicted molar refractivity (Wildman–Crippen MR) is 107 cm³/mol. The fourth-order valence-electron chi connectivity index (χ4n) is 4.48. The van der Waals surface area contributed by atoms with E-state index in [1.165, 1.54) is 12.8 Å². The van der Waals surface area contributed by atoms with Gasteiger partial charge >= 0.3 is 6.09 Å². The molecule has 2 aliphatic heterocycles. The number of carbonyl (C=O) groups is 1. The summed E-state index contributed by atoms with van der Waals surface area (Å²) >= 11 is 7.77. The molecule has 0 aliphatic carbocycles. The van der Waals surface area contributed by atoms with Gasteiger partial charge in [0.2, 0.25) is 0 Å². The maximum absolute atomic E-state index is 12.5. The molecule has 0 saturated carbocycles. The van der Waals surface area contributed by atoms with E-state index in [1.807, 2.05) is 29.6 Å². The number of amides is 1. The maximum Gasteiger partial charge on any atom is 0.411 e. The summed E-state index contributed by atoms with van der Waals surface area (Å²) in [6, 6.07) is 10.7. The van der Waals surface area contributed by atoms with Crippen molar-refractivity contribution in [1.82, 2.24) is 0 Å². The van der Waals surface area contributed by atoms with Crippen molar-refractivity contribution in [3.8, 4) is 10.4 Å². The molecular formula is C20H24BrClN2O2S. The highest BCUT2D eigenvalue weighted by Gasteiger charge is 2.49. The Bertz CT molecular complexity index is 796. The van der Waals surface area contributed by atoms with Crippen LogP contribution in [-0.4, -0.2) is 42.9 Å². The van der Waals surface area contributed by atoms with E-state index < -0.39 is 0 Å². The second kappa shape index (κ2) is 8.11. The van der Waals surface area contributed by atoms with Crippen LogP contribution in [0.3, 0.4) is 0 Å². The number of benzene rings is 1. The van der Waals surface area contributed by atoms with E-state index in [0.29, 0.717) is 17.1 Å². The molecule has 0 spiro atoms. The number of fused-ring (bicyclic) bond motifs is 2. The average molecular weight is 472 g/mol. The Kier molecular flexibility index (Phi) is 6.21. The summed E-state index contributed by atoms with van der Waals surface area (Å²) in [6.45, 7) is 0. The second-order valence-electron chi connectivity index (χ2n) is 7.81. The average Bonchev–Trinajstić information content (AvgIpc) is 3.13. The van der Waals surface area contributed by atoms with Crippen LogP contribution in [0, 0.1) is 0 Å². The number of carbonyl (C=O) groups excluding carboxylic acids is 1. The van der Waals surface area contributed by atoms with Gasteiger partial charge in [-0.1, -0.05) is 17.7 Å². The van der Waals surface area contributed by atoms with E-state index in [2.05, 4.69) is 19.4 Å². The molecule has 7 heteroatoms. The largest absolute Gasteiger partial charge is 1.00 e.